The van der Waals surface area contributed by atoms with E-state index in [1.54, 1.807) is 0 Å². The molecule has 4 nitrogen and oxygen atoms in total. The van der Waals surface area contributed by atoms with Crippen molar-refractivity contribution in [1.29, 1.82) is 0 Å². The van der Waals surface area contributed by atoms with Gasteiger partial charge in [0.05, 0.1) is 0 Å². The molecule has 5 heteroatoms. The molecule has 0 spiro atoms. The molecule has 25 heavy (non-hydrogen) atoms. The first-order valence-corrected chi connectivity index (χ1v) is 8.45. The molecule has 134 valence electrons. The van der Waals surface area contributed by atoms with E-state index in [4.69, 9.17) is 10.5 Å². The summed E-state index contributed by atoms with van der Waals surface area (Å²) in [5, 5.41) is 0. The summed E-state index contributed by atoms with van der Waals surface area (Å²) < 4.78 is 5.82. The third-order valence-corrected chi connectivity index (χ3v) is 4.59. The SMILES string of the molecule is CC1CN(C(=O)c2cccc(OCc3ccccc3)c2)CCC1N.Cl. The lowest BCUT2D eigenvalue weighted by Gasteiger charge is -2.35. The van der Waals surface area contributed by atoms with Gasteiger partial charge in [0.15, 0.2) is 0 Å². The number of nitrogens with two attached hydrogens (primary N) is 1. The molecule has 2 atom stereocenters. The molecule has 1 aliphatic rings. The fourth-order valence-corrected chi connectivity index (χ4v) is 2.99. The Morgan fingerprint density at radius 1 is 1.20 bits per heavy atom. The van der Waals surface area contributed by atoms with Crippen molar-refractivity contribution in [1.82, 2.24) is 4.90 Å². The largest absolute Gasteiger partial charge is 0.489 e. The van der Waals surface area contributed by atoms with Crippen LogP contribution in [0.15, 0.2) is 54.6 Å². The van der Waals surface area contributed by atoms with Crippen LogP contribution < -0.4 is 10.5 Å². The number of hydrogen-bond donors (Lipinski definition) is 1. The van der Waals surface area contributed by atoms with E-state index in [9.17, 15) is 4.79 Å². The molecular formula is C20H25ClN2O2. The average Bonchev–Trinajstić information content (AvgIpc) is 2.63. The highest BCUT2D eigenvalue weighted by atomic mass is 35.5. The number of carbonyl (C=O) groups is 1. The predicted molar refractivity (Wildman–Crippen MR) is 102 cm³/mol. The lowest BCUT2D eigenvalue weighted by atomic mass is 9.94. The second-order valence-electron chi connectivity index (χ2n) is 6.48. The van der Waals surface area contributed by atoms with Crippen molar-refractivity contribution in [2.45, 2.75) is 26.0 Å². The smallest absolute Gasteiger partial charge is 0.253 e. The van der Waals surface area contributed by atoms with Gasteiger partial charge >= 0.3 is 0 Å². The Balaban J connectivity index is 0.00000225. The van der Waals surface area contributed by atoms with Gasteiger partial charge in [0.25, 0.3) is 5.91 Å². The normalized spacial score (nSPS) is 19.8. The van der Waals surface area contributed by atoms with Crippen molar-refractivity contribution in [2.75, 3.05) is 13.1 Å². The van der Waals surface area contributed by atoms with Crippen LogP contribution in [0.1, 0.15) is 29.3 Å². The van der Waals surface area contributed by atoms with Gasteiger partial charge in [-0.1, -0.05) is 43.3 Å². The first-order valence-electron chi connectivity index (χ1n) is 8.45. The third kappa shape index (κ3) is 4.97. The average molecular weight is 361 g/mol. The van der Waals surface area contributed by atoms with E-state index in [-0.39, 0.29) is 24.4 Å². The maximum Gasteiger partial charge on any atom is 0.253 e. The monoisotopic (exact) mass is 360 g/mol. The molecule has 3 rings (SSSR count). The zero-order valence-electron chi connectivity index (χ0n) is 14.4. The van der Waals surface area contributed by atoms with Crippen LogP contribution in [-0.4, -0.2) is 29.9 Å². The zero-order chi connectivity index (χ0) is 16.9. The maximum atomic E-state index is 12.7. The lowest BCUT2D eigenvalue weighted by molar-refractivity contribution is 0.0663. The van der Waals surface area contributed by atoms with Gasteiger partial charge in [-0.3, -0.25) is 4.79 Å². The number of nitrogens with zero attached hydrogens (tertiary/aromatic N) is 1. The molecule has 0 aliphatic carbocycles. The molecule has 0 aromatic heterocycles. The number of piperidine rings is 1. The van der Waals surface area contributed by atoms with Crippen molar-refractivity contribution in [3.8, 4) is 5.75 Å². The molecule has 1 amide bonds. The number of hydrogen-bond acceptors (Lipinski definition) is 3. The first kappa shape index (κ1) is 19.3. The van der Waals surface area contributed by atoms with Gasteiger partial charge < -0.3 is 15.4 Å². The Morgan fingerprint density at radius 2 is 1.96 bits per heavy atom. The van der Waals surface area contributed by atoms with E-state index in [0.717, 1.165) is 25.1 Å². The molecule has 2 unspecified atom stereocenters. The van der Waals surface area contributed by atoms with Crippen LogP contribution in [0.4, 0.5) is 0 Å². The molecule has 1 fully saturated rings. The van der Waals surface area contributed by atoms with Crippen molar-refractivity contribution in [3.63, 3.8) is 0 Å². The standard InChI is InChI=1S/C20H24N2O2.ClH/c1-15-13-22(11-10-19(15)21)20(23)17-8-5-9-18(12-17)24-14-16-6-3-2-4-7-16;/h2-9,12,15,19H,10-11,13-14,21H2,1H3;1H. The number of likely N-dealkylation sites (tertiary alicyclic amines) is 1. The van der Waals surface area contributed by atoms with E-state index in [1.165, 1.54) is 0 Å². The molecule has 1 aliphatic heterocycles. The molecule has 2 aromatic carbocycles. The summed E-state index contributed by atoms with van der Waals surface area (Å²) >= 11 is 0. The fourth-order valence-electron chi connectivity index (χ4n) is 2.99. The van der Waals surface area contributed by atoms with Gasteiger partial charge in [-0.2, -0.15) is 0 Å². The van der Waals surface area contributed by atoms with Crippen LogP contribution in [0.25, 0.3) is 0 Å². The minimum absolute atomic E-state index is 0. The Labute approximate surface area is 155 Å². The predicted octanol–water partition coefficient (Wildman–Crippen LogP) is 3.50. The van der Waals surface area contributed by atoms with Crippen LogP contribution in [0.3, 0.4) is 0 Å². The molecule has 1 heterocycles. The van der Waals surface area contributed by atoms with Crippen LogP contribution >= 0.6 is 12.4 Å². The summed E-state index contributed by atoms with van der Waals surface area (Å²) in [5.41, 5.74) is 7.81. The number of benzene rings is 2. The summed E-state index contributed by atoms with van der Waals surface area (Å²) in [6, 6.07) is 17.6. The van der Waals surface area contributed by atoms with Gasteiger partial charge in [-0.25, -0.2) is 0 Å². The Morgan fingerprint density at radius 3 is 2.68 bits per heavy atom. The number of carbonyl (C=O) groups excluding carboxylic acids is 1. The number of rotatable bonds is 4. The number of amides is 1. The van der Waals surface area contributed by atoms with Gasteiger partial charge in [0.1, 0.15) is 12.4 Å². The molecule has 0 radical (unpaired) electrons. The summed E-state index contributed by atoms with van der Waals surface area (Å²) in [7, 11) is 0. The molecule has 0 bridgehead atoms. The molecule has 1 saturated heterocycles. The van der Waals surface area contributed by atoms with Gasteiger partial charge in [-0.05, 0) is 36.1 Å². The van der Waals surface area contributed by atoms with Crippen molar-refractivity contribution in [2.24, 2.45) is 11.7 Å². The highest BCUT2D eigenvalue weighted by molar-refractivity contribution is 5.94. The summed E-state index contributed by atoms with van der Waals surface area (Å²) in [6.07, 6.45) is 0.858. The van der Waals surface area contributed by atoms with E-state index in [2.05, 4.69) is 6.92 Å². The van der Waals surface area contributed by atoms with E-state index in [0.29, 0.717) is 23.8 Å². The van der Waals surface area contributed by atoms with Gasteiger partial charge in [-0.15, -0.1) is 12.4 Å². The number of halogens is 1. The second-order valence-corrected chi connectivity index (χ2v) is 6.48. The summed E-state index contributed by atoms with van der Waals surface area (Å²) in [6.45, 7) is 4.03. The molecule has 2 N–H and O–H groups in total. The second kappa shape index (κ2) is 8.88. The first-order chi connectivity index (χ1) is 11.6. The molecule has 2 aromatic rings. The van der Waals surface area contributed by atoms with E-state index < -0.39 is 0 Å². The molecular weight excluding hydrogens is 336 g/mol. The maximum absolute atomic E-state index is 12.7. The third-order valence-electron chi connectivity index (χ3n) is 4.59. The Bertz CT molecular complexity index is 693. The highest BCUT2D eigenvalue weighted by Crippen LogP contribution is 2.20. The van der Waals surface area contributed by atoms with Crippen LogP contribution in [0.2, 0.25) is 0 Å². The van der Waals surface area contributed by atoms with Crippen LogP contribution in [0.5, 0.6) is 5.75 Å². The van der Waals surface area contributed by atoms with E-state index >= 15 is 0 Å². The number of ether oxygens (including phenoxy) is 1. The van der Waals surface area contributed by atoms with Gasteiger partial charge in [0, 0.05) is 24.7 Å². The lowest BCUT2D eigenvalue weighted by Crippen LogP contribution is -2.48. The van der Waals surface area contributed by atoms with Gasteiger partial charge in [0.2, 0.25) is 0 Å². The van der Waals surface area contributed by atoms with Crippen molar-refractivity contribution >= 4 is 18.3 Å². The van der Waals surface area contributed by atoms with Crippen LogP contribution in [-0.2, 0) is 6.61 Å². The Kier molecular flexibility index (Phi) is 6.85. The fraction of sp³-hybridized carbons (Fsp3) is 0.350. The van der Waals surface area contributed by atoms with Crippen LogP contribution in [0, 0.1) is 5.92 Å². The summed E-state index contributed by atoms with van der Waals surface area (Å²) in [4.78, 5) is 14.6. The quantitative estimate of drug-likeness (QED) is 0.907. The highest BCUT2D eigenvalue weighted by Gasteiger charge is 2.26. The topological polar surface area (TPSA) is 55.6 Å². The minimum atomic E-state index is 0. The zero-order valence-corrected chi connectivity index (χ0v) is 15.2. The Hall–Kier alpha value is -2.04. The summed E-state index contributed by atoms with van der Waals surface area (Å²) in [5.74, 6) is 1.10. The van der Waals surface area contributed by atoms with Crippen molar-refractivity contribution in [3.05, 3.63) is 65.7 Å². The minimum Gasteiger partial charge on any atom is -0.489 e. The van der Waals surface area contributed by atoms with E-state index in [1.807, 2.05) is 59.5 Å². The molecule has 0 saturated carbocycles. The van der Waals surface area contributed by atoms with Crippen molar-refractivity contribution < 1.29 is 9.53 Å².